The summed E-state index contributed by atoms with van der Waals surface area (Å²) in [5.41, 5.74) is 1.02. The fourth-order valence-electron chi connectivity index (χ4n) is 2.45. The van der Waals surface area contributed by atoms with Crippen molar-refractivity contribution in [2.75, 3.05) is 7.05 Å². The third-order valence-corrected chi connectivity index (χ3v) is 3.52. The van der Waals surface area contributed by atoms with Crippen LogP contribution in [0, 0.1) is 5.41 Å². The molecule has 0 aliphatic heterocycles. The van der Waals surface area contributed by atoms with Crippen molar-refractivity contribution in [1.29, 1.82) is 5.41 Å². The molecule has 2 heteroatoms. The van der Waals surface area contributed by atoms with Gasteiger partial charge in [0.1, 0.15) is 5.84 Å². The Morgan fingerprint density at radius 3 is 2.38 bits per heavy atom. The van der Waals surface area contributed by atoms with E-state index in [1.54, 1.807) is 0 Å². The van der Waals surface area contributed by atoms with Crippen LogP contribution in [0.4, 0.5) is 0 Å². The molecule has 1 aliphatic rings. The van der Waals surface area contributed by atoms with Crippen molar-refractivity contribution in [2.45, 2.75) is 38.1 Å². The Morgan fingerprint density at radius 2 is 1.75 bits per heavy atom. The summed E-state index contributed by atoms with van der Waals surface area (Å²) in [6, 6.07) is 10.6. The first-order valence-electron chi connectivity index (χ1n) is 6.16. The molecule has 1 aromatic rings. The van der Waals surface area contributed by atoms with Crippen LogP contribution in [-0.2, 0) is 0 Å². The minimum absolute atomic E-state index is 0.571. The van der Waals surface area contributed by atoms with E-state index in [2.05, 4.69) is 11.9 Å². The summed E-state index contributed by atoms with van der Waals surface area (Å²) in [6.45, 7) is 0. The Morgan fingerprint density at radius 1 is 1.12 bits per heavy atom. The van der Waals surface area contributed by atoms with E-state index in [0.29, 0.717) is 11.9 Å². The highest BCUT2D eigenvalue weighted by Crippen LogP contribution is 2.22. The van der Waals surface area contributed by atoms with E-state index in [1.165, 1.54) is 32.1 Å². The van der Waals surface area contributed by atoms with Gasteiger partial charge >= 0.3 is 0 Å². The zero-order valence-corrected chi connectivity index (χ0v) is 9.95. The maximum absolute atomic E-state index is 8.20. The average Bonchev–Trinajstić information content (AvgIpc) is 2.39. The van der Waals surface area contributed by atoms with Crippen molar-refractivity contribution in [1.82, 2.24) is 4.90 Å². The molecule has 2 rings (SSSR count). The zero-order valence-electron chi connectivity index (χ0n) is 9.95. The first-order chi connectivity index (χ1) is 7.79. The van der Waals surface area contributed by atoms with E-state index in [-0.39, 0.29) is 0 Å². The molecule has 0 aromatic heterocycles. The fourth-order valence-corrected chi connectivity index (χ4v) is 2.45. The van der Waals surface area contributed by atoms with Gasteiger partial charge in [-0.3, -0.25) is 5.41 Å². The summed E-state index contributed by atoms with van der Waals surface area (Å²) in [7, 11) is 2.06. The van der Waals surface area contributed by atoms with Crippen LogP contribution in [-0.4, -0.2) is 23.8 Å². The number of nitrogens with one attached hydrogen (secondary N) is 1. The van der Waals surface area contributed by atoms with Crippen molar-refractivity contribution >= 4 is 5.84 Å². The third-order valence-electron chi connectivity index (χ3n) is 3.52. The van der Waals surface area contributed by atoms with Gasteiger partial charge in [-0.25, -0.2) is 0 Å². The second-order valence-electron chi connectivity index (χ2n) is 4.62. The van der Waals surface area contributed by atoms with Crippen LogP contribution in [0.5, 0.6) is 0 Å². The van der Waals surface area contributed by atoms with Gasteiger partial charge in [0, 0.05) is 18.7 Å². The van der Waals surface area contributed by atoms with Gasteiger partial charge in [0.15, 0.2) is 0 Å². The molecule has 0 heterocycles. The number of hydrogen-bond donors (Lipinski definition) is 1. The Hall–Kier alpha value is -1.31. The van der Waals surface area contributed by atoms with Gasteiger partial charge in [0.05, 0.1) is 0 Å². The molecular weight excluding hydrogens is 196 g/mol. The molecule has 2 nitrogen and oxygen atoms in total. The molecule has 86 valence electrons. The van der Waals surface area contributed by atoms with Crippen molar-refractivity contribution in [3.63, 3.8) is 0 Å². The van der Waals surface area contributed by atoms with E-state index in [0.717, 1.165) is 5.56 Å². The molecule has 1 N–H and O–H groups in total. The molecule has 1 aromatic carbocycles. The van der Waals surface area contributed by atoms with Crippen LogP contribution >= 0.6 is 0 Å². The van der Waals surface area contributed by atoms with Gasteiger partial charge < -0.3 is 4.90 Å². The molecule has 1 fully saturated rings. The van der Waals surface area contributed by atoms with Crippen LogP contribution in [0.15, 0.2) is 30.3 Å². The van der Waals surface area contributed by atoms with Gasteiger partial charge in [-0.15, -0.1) is 0 Å². The highest BCUT2D eigenvalue weighted by atomic mass is 15.2. The van der Waals surface area contributed by atoms with Crippen molar-refractivity contribution in [2.24, 2.45) is 0 Å². The highest BCUT2D eigenvalue weighted by molar-refractivity contribution is 5.96. The lowest BCUT2D eigenvalue weighted by molar-refractivity contribution is 0.277. The van der Waals surface area contributed by atoms with Gasteiger partial charge in [0.2, 0.25) is 0 Å². The smallest absolute Gasteiger partial charge is 0.128 e. The molecule has 0 bridgehead atoms. The van der Waals surface area contributed by atoms with Crippen LogP contribution in [0.1, 0.15) is 37.7 Å². The molecule has 0 spiro atoms. The quantitative estimate of drug-likeness (QED) is 0.596. The van der Waals surface area contributed by atoms with Crippen LogP contribution < -0.4 is 0 Å². The second kappa shape index (κ2) is 5.15. The minimum atomic E-state index is 0.571. The van der Waals surface area contributed by atoms with Gasteiger partial charge in [0.25, 0.3) is 0 Å². The zero-order chi connectivity index (χ0) is 11.4. The molecule has 1 saturated carbocycles. The Kier molecular flexibility index (Phi) is 3.60. The average molecular weight is 216 g/mol. The number of amidine groups is 1. The summed E-state index contributed by atoms with van der Waals surface area (Å²) in [5.74, 6) is 0.660. The summed E-state index contributed by atoms with van der Waals surface area (Å²) in [5, 5.41) is 8.20. The Balaban J connectivity index is 2.04. The first-order valence-corrected chi connectivity index (χ1v) is 6.16. The normalized spacial score (nSPS) is 17.1. The topological polar surface area (TPSA) is 27.1 Å². The van der Waals surface area contributed by atoms with Gasteiger partial charge in [-0.05, 0) is 12.8 Å². The molecule has 0 unspecified atom stereocenters. The largest absolute Gasteiger partial charge is 0.357 e. The maximum atomic E-state index is 8.20. The lowest BCUT2D eigenvalue weighted by Gasteiger charge is -2.33. The lowest BCUT2D eigenvalue weighted by Crippen LogP contribution is -2.38. The molecule has 0 amide bonds. The highest BCUT2D eigenvalue weighted by Gasteiger charge is 2.20. The molecule has 0 radical (unpaired) electrons. The van der Waals surface area contributed by atoms with E-state index >= 15 is 0 Å². The van der Waals surface area contributed by atoms with Gasteiger partial charge in [-0.1, -0.05) is 49.6 Å². The standard InChI is InChI=1S/C14H20N2/c1-16(13-10-6-3-7-11-13)14(15)12-8-4-2-5-9-12/h2,4-5,8-9,13,15H,3,6-7,10-11H2,1H3. The second-order valence-corrected chi connectivity index (χ2v) is 4.62. The first kappa shape index (κ1) is 11.2. The van der Waals surface area contributed by atoms with Crippen LogP contribution in [0.25, 0.3) is 0 Å². The summed E-state index contributed by atoms with van der Waals surface area (Å²) >= 11 is 0. The van der Waals surface area contributed by atoms with E-state index in [1.807, 2.05) is 30.3 Å². The molecular formula is C14H20N2. The predicted octanol–water partition coefficient (Wildman–Crippen LogP) is 3.28. The lowest BCUT2D eigenvalue weighted by atomic mass is 9.94. The minimum Gasteiger partial charge on any atom is -0.357 e. The van der Waals surface area contributed by atoms with Crippen LogP contribution in [0.2, 0.25) is 0 Å². The number of nitrogens with zero attached hydrogens (tertiary/aromatic N) is 1. The van der Waals surface area contributed by atoms with Gasteiger partial charge in [-0.2, -0.15) is 0 Å². The van der Waals surface area contributed by atoms with Crippen molar-refractivity contribution in [3.05, 3.63) is 35.9 Å². The fraction of sp³-hybridized carbons (Fsp3) is 0.500. The maximum Gasteiger partial charge on any atom is 0.128 e. The number of hydrogen-bond acceptors (Lipinski definition) is 1. The van der Waals surface area contributed by atoms with Crippen molar-refractivity contribution < 1.29 is 0 Å². The van der Waals surface area contributed by atoms with E-state index < -0.39 is 0 Å². The molecule has 0 atom stereocenters. The summed E-state index contributed by atoms with van der Waals surface area (Å²) < 4.78 is 0. The monoisotopic (exact) mass is 216 g/mol. The number of benzene rings is 1. The predicted molar refractivity (Wildman–Crippen MR) is 67.9 cm³/mol. The molecule has 1 aliphatic carbocycles. The van der Waals surface area contributed by atoms with Crippen LogP contribution in [0.3, 0.4) is 0 Å². The van der Waals surface area contributed by atoms with E-state index in [9.17, 15) is 0 Å². The Bertz CT molecular complexity index is 339. The van der Waals surface area contributed by atoms with Crippen molar-refractivity contribution in [3.8, 4) is 0 Å². The molecule has 16 heavy (non-hydrogen) atoms. The third kappa shape index (κ3) is 2.43. The Labute approximate surface area is 97.8 Å². The number of rotatable bonds is 2. The summed E-state index contributed by atoms with van der Waals surface area (Å²) in [4.78, 5) is 2.15. The molecule has 0 saturated heterocycles. The SMILES string of the molecule is CN(C(=N)c1ccccc1)C1CCCCC1. The van der Waals surface area contributed by atoms with E-state index in [4.69, 9.17) is 5.41 Å². The summed E-state index contributed by atoms with van der Waals surface area (Å²) in [6.07, 6.45) is 6.48.